The van der Waals surface area contributed by atoms with Gasteiger partial charge in [0.05, 0.1) is 5.52 Å². The number of nitrogens with zero attached hydrogens (tertiary/aromatic N) is 3. The third-order valence-electron chi connectivity index (χ3n) is 5.28. The number of aryl methyl sites for hydroxylation is 1. The number of aromatic nitrogens is 3. The van der Waals surface area contributed by atoms with Crippen LogP contribution in [0.15, 0.2) is 36.4 Å². The van der Waals surface area contributed by atoms with E-state index in [4.69, 9.17) is 4.98 Å². The molecule has 25 heavy (non-hydrogen) atoms. The maximum absolute atomic E-state index is 4.82. The molecule has 1 saturated heterocycles. The molecule has 1 aromatic carbocycles. The second-order valence-corrected chi connectivity index (χ2v) is 7.42. The van der Waals surface area contributed by atoms with Gasteiger partial charge in [-0.25, -0.2) is 9.97 Å². The smallest absolute Gasteiger partial charge is 0.156 e. The highest BCUT2D eigenvalue weighted by atomic mass is 15.2. The minimum absolute atomic E-state index is 0.701. The van der Waals surface area contributed by atoms with Crippen LogP contribution in [-0.4, -0.2) is 28.0 Å². The van der Waals surface area contributed by atoms with Crippen LogP contribution in [0.5, 0.6) is 0 Å². The maximum atomic E-state index is 4.82. The average molecular weight is 334 g/mol. The van der Waals surface area contributed by atoms with Crippen molar-refractivity contribution in [3.05, 3.63) is 42.2 Å². The molecule has 3 heterocycles. The summed E-state index contributed by atoms with van der Waals surface area (Å²) in [5.74, 6) is 3.35. The Kier molecular flexibility index (Phi) is 4.20. The molecule has 4 heteroatoms. The third kappa shape index (κ3) is 3.13. The van der Waals surface area contributed by atoms with Crippen LogP contribution in [0.2, 0.25) is 0 Å². The van der Waals surface area contributed by atoms with Gasteiger partial charge in [0.15, 0.2) is 5.82 Å². The Morgan fingerprint density at radius 3 is 2.72 bits per heavy atom. The number of benzene rings is 1. The normalized spacial score (nSPS) is 21.0. The fourth-order valence-electron chi connectivity index (χ4n) is 4.06. The first kappa shape index (κ1) is 16.1. The van der Waals surface area contributed by atoms with Gasteiger partial charge < -0.3 is 9.88 Å². The predicted molar refractivity (Wildman–Crippen MR) is 104 cm³/mol. The summed E-state index contributed by atoms with van der Waals surface area (Å²) in [6.07, 6.45) is 2.55. The maximum Gasteiger partial charge on any atom is 0.156 e. The van der Waals surface area contributed by atoms with Crippen LogP contribution >= 0.6 is 0 Å². The highest BCUT2D eigenvalue weighted by molar-refractivity contribution is 5.90. The monoisotopic (exact) mass is 334 g/mol. The second kappa shape index (κ2) is 6.51. The Labute approximate surface area is 149 Å². The fourth-order valence-corrected chi connectivity index (χ4v) is 4.06. The SMILES string of the molecule is CCC1CC(C)CN(c2nc(C)nc3cc(-c4ccccc4)[nH]c23)C1. The van der Waals surface area contributed by atoms with E-state index in [1.165, 1.54) is 18.4 Å². The Bertz CT molecular complexity index is 868. The fraction of sp³-hybridized carbons (Fsp3) is 0.429. The summed E-state index contributed by atoms with van der Waals surface area (Å²) in [5.41, 5.74) is 4.36. The van der Waals surface area contributed by atoms with Gasteiger partial charge in [-0.2, -0.15) is 0 Å². The van der Waals surface area contributed by atoms with E-state index in [-0.39, 0.29) is 0 Å². The van der Waals surface area contributed by atoms with E-state index >= 15 is 0 Å². The first-order chi connectivity index (χ1) is 12.1. The lowest BCUT2D eigenvalue weighted by atomic mass is 9.89. The molecule has 1 aliphatic heterocycles. The van der Waals surface area contributed by atoms with Gasteiger partial charge in [0.1, 0.15) is 11.3 Å². The van der Waals surface area contributed by atoms with Crippen LogP contribution in [0.25, 0.3) is 22.3 Å². The lowest BCUT2D eigenvalue weighted by molar-refractivity contribution is 0.327. The van der Waals surface area contributed by atoms with Gasteiger partial charge in [-0.15, -0.1) is 0 Å². The van der Waals surface area contributed by atoms with E-state index in [1.807, 2.05) is 13.0 Å². The number of hydrogen-bond acceptors (Lipinski definition) is 3. The first-order valence-electron chi connectivity index (χ1n) is 9.31. The number of aromatic amines is 1. The molecule has 2 atom stereocenters. The zero-order chi connectivity index (χ0) is 17.4. The molecule has 1 fully saturated rings. The van der Waals surface area contributed by atoms with Crippen molar-refractivity contribution in [2.45, 2.75) is 33.6 Å². The third-order valence-corrected chi connectivity index (χ3v) is 5.28. The van der Waals surface area contributed by atoms with Gasteiger partial charge >= 0.3 is 0 Å². The highest BCUT2D eigenvalue weighted by Gasteiger charge is 2.26. The van der Waals surface area contributed by atoms with Gasteiger partial charge in [0.2, 0.25) is 0 Å². The van der Waals surface area contributed by atoms with Crippen molar-refractivity contribution in [2.24, 2.45) is 11.8 Å². The molecule has 4 nitrogen and oxygen atoms in total. The molecule has 0 radical (unpaired) electrons. The number of rotatable bonds is 3. The molecule has 0 saturated carbocycles. The van der Waals surface area contributed by atoms with E-state index in [2.05, 4.69) is 59.0 Å². The van der Waals surface area contributed by atoms with Crippen molar-refractivity contribution in [2.75, 3.05) is 18.0 Å². The molecule has 0 spiro atoms. The van der Waals surface area contributed by atoms with Crippen LogP contribution in [0.3, 0.4) is 0 Å². The Balaban J connectivity index is 1.79. The number of piperidine rings is 1. The minimum atomic E-state index is 0.701. The zero-order valence-electron chi connectivity index (χ0n) is 15.3. The van der Waals surface area contributed by atoms with Crippen LogP contribution in [0.1, 0.15) is 32.5 Å². The summed E-state index contributed by atoms with van der Waals surface area (Å²) in [5, 5.41) is 0. The summed E-state index contributed by atoms with van der Waals surface area (Å²) in [6, 6.07) is 12.6. The molecule has 3 aromatic rings. The topological polar surface area (TPSA) is 44.8 Å². The zero-order valence-corrected chi connectivity index (χ0v) is 15.3. The standard InChI is InChI=1S/C21H26N4/c1-4-16-10-14(2)12-25(13-16)21-20-19(22-15(3)23-21)11-18(24-20)17-8-6-5-7-9-17/h5-9,11,14,16,24H,4,10,12-13H2,1-3H3. The Hall–Kier alpha value is -2.36. The summed E-state index contributed by atoms with van der Waals surface area (Å²) in [6.45, 7) is 8.80. The van der Waals surface area contributed by atoms with Gasteiger partial charge in [-0.05, 0) is 36.8 Å². The highest BCUT2D eigenvalue weighted by Crippen LogP contribution is 2.33. The first-order valence-corrected chi connectivity index (χ1v) is 9.31. The largest absolute Gasteiger partial charge is 0.354 e. The molecule has 0 bridgehead atoms. The molecule has 130 valence electrons. The van der Waals surface area contributed by atoms with Gasteiger partial charge in [0.25, 0.3) is 0 Å². The molecule has 1 aliphatic rings. The quantitative estimate of drug-likeness (QED) is 0.748. The molecule has 2 aromatic heterocycles. The van der Waals surface area contributed by atoms with Crippen molar-refractivity contribution in [1.29, 1.82) is 0 Å². The Morgan fingerprint density at radius 2 is 1.96 bits per heavy atom. The second-order valence-electron chi connectivity index (χ2n) is 7.42. The van der Waals surface area contributed by atoms with Gasteiger partial charge in [-0.3, -0.25) is 0 Å². The van der Waals surface area contributed by atoms with Crippen LogP contribution < -0.4 is 4.90 Å². The molecule has 1 N–H and O–H groups in total. The molecular weight excluding hydrogens is 308 g/mol. The molecule has 0 aliphatic carbocycles. The van der Waals surface area contributed by atoms with E-state index in [9.17, 15) is 0 Å². The van der Waals surface area contributed by atoms with Crippen molar-refractivity contribution >= 4 is 16.9 Å². The molecule has 4 rings (SSSR count). The number of nitrogens with one attached hydrogen (secondary N) is 1. The lowest BCUT2D eigenvalue weighted by Gasteiger charge is -2.37. The molecule has 2 unspecified atom stereocenters. The van der Waals surface area contributed by atoms with E-state index < -0.39 is 0 Å². The number of fused-ring (bicyclic) bond motifs is 1. The summed E-state index contributed by atoms with van der Waals surface area (Å²) >= 11 is 0. The van der Waals surface area contributed by atoms with Crippen LogP contribution in [0, 0.1) is 18.8 Å². The number of H-pyrrole nitrogens is 1. The average Bonchev–Trinajstić information content (AvgIpc) is 3.05. The molecule has 0 amide bonds. The Morgan fingerprint density at radius 1 is 1.16 bits per heavy atom. The summed E-state index contributed by atoms with van der Waals surface area (Å²) in [4.78, 5) is 15.5. The number of hydrogen-bond donors (Lipinski definition) is 1. The number of anilines is 1. The van der Waals surface area contributed by atoms with Crippen molar-refractivity contribution in [1.82, 2.24) is 15.0 Å². The van der Waals surface area contributed by atoms with Crippen LogP contribution in [0.4, 0.5) is 5.82 Å². The van der Waals surface area contributed by atoms with E-state index in [1.54, 1.807) is 0 Å². The van der Waals surface area contributed by atoms with Crippen molar-refractivity contribution in [3.63, 3.8) is 0 Å². The van der Waals surface area contributed by atoms with Gasteiger partial charge in [0, 0.05) is 18.8 Å². The lowest BCUT2D eigenvalue weighted by Crippen LogP contribution is -2.40. The predicted octanol–water partition coefficient (Wildman–Crippen LogP) is 4.81. The van der Waals surface area contributed by atoms with E-state index in [0.29, 0.717) is 5.92 Å². The summed E-state index contributed by atoms with van der Waals surface area (Å²) < 4.78 is 0. The van der Waals surface area contributed by atoms with Crippen molar-refractivity contribution < 1.29 is 0 Å². The van der Waals surface area contributed by atoms with E-state index in [0.717, 1.165) is 47.4 Å². The van der Waals surface area contributed by atoms with Crippen LogP contribution in [-0.2, 0) is 0 Å². The molecular formula is C21H26N4. The summed E-state index contributed by atoms with van der Waals surface area (Å²) in [7, 11) is 0. The van der Waals surface area contributed by atoms with Crippen molar-refractivity contribution in [3.8, 4) is 11.3 Å². The van der Waals surface area contributed by atoms with Gasteiger partial charge in [-0.1, -0.05) is 50.6 Å². The minimum Gasteiger partial charge on any atom is -0.354 e.